The molecule has 2 heteroatoms. The van der Waals surface area contributed by atoms with E-state index in [-0.39, 0.29) is 0 Å². The van der Waals surface area contributed by atoms with E-state index in [9.17, 15) is 0 Å². The molecule has 16 heavy (non-hydrogen) atoms. The molecule has 0 radical (unpaired) electrons. The van der Waals surface area contributed by atoms with Crippen molar-refractivity contribution in [2.45, 2.75) is 26.9 Å². The summed E-state index contributed by atoms with van der Waals surface area (Å²) in [5.74, 6) is 0. The molecule has 2 aromatic rings. The molecule has 0 aliphatic carbocycles. The number of rotatable bonds is 0. The summed E-state index contributed by atoms with van der Waals surface area (Å²) in [6.07, 6.45) is 0. The van der Waals surface area contributed by atoms with Gasteiger partial charge in [0.2, 0.25) is 0 Å². The lowest BCUT2D eigenvalue weighted by atomic mass is 10.0. The molecule has 0 bridgehead atoms. The molecule has 2 heterocycles. The summed E-state index contributed by atoms with van der Waals surface area (Å²) in [7, 11) is 2.14. The number of pyridine rings is 1. The molecule has 0 saturated carbocycles. The Labute approximate surface area is 95.9 Å². The molecule has 2 nitrogen and oxygen atoms in total. The SMILES string of the molecule is Cc1cc2cc3c(nc2cc1C)CN(C)C3. The predicted octanol–water partition coefficient (Wildman–Crippen LogP) is 2.80. The highest BCUT2D eigenvalue weighted by atomic mass is 15.1. The molecule has 3 rings (SSSR count). The number of hydrogen-bond donors (Lipinski definition) is 0. The van der Waals surface area contributed by atoms with Crippen LogP contribution in [0.4, 0.5) is 0 Å². The van der Waals surface area contributed by atoms with E-state index in [1.165, 1.54) is 27.8 Å². The van der Waals surface area contributed by atoms with Crippen LogP contribution in [0.5, 0.6) is 0 Å². The summed E-state index contributed by atoms with van der Waals surface area (Å²) in [6, 6.07) is 6.74. The minimum atomic E-state index is 0.984. The van der Waals surface area contributed by atoms with Crippen molar-refractivity contribution < 1.29 is 0 Å². The van der Waals surface area contributed by atoms with Crippen molar-refractivity contribution in [3.63, 3.8) is 0 Å². The third-order valence-electron chi connectivity index (χ3n) is 3.46. The lowest BCUT2D eigenvalue weighted by Crippen LogP contribution is -2.07. The van der Waals surface area contributed by atoms with E-state index >= 15 is 0 Å². The lowest BCUT2D eigenvalue weighted by molar-refractivity contribution is 0.351. The van der Waals surface area contributed by atoms with Gasteiger partial charge in [0.1, 0.15) is 0 Å². The van der Waals surface area contributed by atoms with E-state index in [2.05, 4.69) is 44.0 Å². The van der Waals surface area contributed by atoms with Crippen LogP contribution in [0.15, 0.2) is 18.2 Å². The second-order valence-electron chi connectivity index (χ2n) is 4.90. The van der Waals surface area contributed by atoms with Gasteiger partial charge in [-0.3, -0.25) is 9.88 Å². The van der Waals surface area contributed by atoms with E-state index in [0.717, 1.165) is 18.6 Å². The van der Waals surface area contributed by atoms with Gasteiger partial charge in [-0.25, -0.2) is 0 Å². The zero-order chi connectivity index (χ0) is 11.3. The predicted molar refractivity (Wildman–Crippen MR) is 66.4 cm³/mol. The second-order valence-corrected chi connectivity index (χ2v) is 4.90. The highest BCUT2D eigenvalue weighted by molar-refractivity contribution is 5.81. The molecule has 0 atom stereocenters. The Kier molecular flexibility index (Phi) is 2.01. The summed E-state index contributed by atoms with van der Waals surface area (Å²) < 4.78 is 0. The summed E-state index contributed by atoms with van der Waals surface area (Å²) in [6.45, 7) is 6.33. The molecule has 0 unspecified atom stereocenters. The van der Waals surface area contributed by atoms with Gasteiger partial charge in [0.15, 0.2) is 0 Å². The average Bonchev–Trinajstić information content (AvgIpc) is 2.56. The van der Waals surface area contributed by atoms with Crippen molar-refractivity contribution >= 4 is 10.9 Å². The molecule has 1 aliphatic heterocycles. The van der Waals surface area contributed by atoms with Gasteiger partial charge >= 0.3 is 0 Å². The number of aromatic nitrogens is 1. The molecule has 0 N–H and O–H groups in total. The maximum Gasteiger partial charge on any atom is 0.0708 e. The zero-order valence-corrected chi connectivity index (χ0v) is 10.0. The fraction of sp³-hybridized carbons (Fsp3) is 0.357. The molecule has 0 saturated heterocycles. The van der Waals surface area contributed by atoms with Crippen molar-refractivity contribution in [2.24, 2.45) is 0 Å². The van der Waals surface area contributed by atoms with Crippen LogP contribution in [0.2, 0.25) is 0 Å². The van der Waals surface area contributed by atoms with Crippen LogP contribution >= 0.6 is 0 Å². The van der Waals surface area contributed by atoms with Gasteiger partial charge < -0.3 is 0 Å². The first-order valence-corrected chi connectivity index (χ1v) is 5.72. The van der Waals surface area contributed by atoms with Crippen molar-refractivity contribution in [1.29, 1.82) is 0 Å². The first kappa shape index (κ1) is 9.79. The van der Waals surface area contributed by atoms with Gasteiger partial charge in [-0.1, -0.05) is 0 Å². The Balaban J connectivity index is 2.26. The van der Waals surface area contributed by atoms with Gasteiger partial charge in [0, 0.05) is 18.5 Å². The first-order chi connectivity index (χ1) is 7.63. The van der Waals surface area contributed by atoms with Gasteiger partial charge in [0.25, 0.3) is 0 Å². The normalized spacial score (nSPS) is 15.7. The van der Waals surface area contributed by atoms with Crippen molar-refractivity contribution in [2.75, 3.05) is 7.05 Å². The summed E-state index contributed by atoms with van der Waals surface area (Å²) >= 11 is 0. The van der Waals surface area contributed by atoms with Crippen LogP contribution in [0.25, 0.3) is 10.9 Å². The first-order valence-electron chi connectivity index (χ1n) is 5.72. The Morgan fingerprint density at radius 3 is 2.62 bits per heavy atom. The van der Waals surface area contributed by atoms with E-state index in [4.69, 9.17) is 4.98 Å². The van der Waals surface area contributed by atoms with Gasteiger partial charge in [-0.2, -0.15) is 0 Å². The molecule has 82 valence electrons. The smallest absolute Gasteiger partial charge is 0.0708 e. The third-order valence-corrected chi connectivity index (χ3v) is 3.46. The largest absolute Gasteiger partial charge is 0.296 e. The highest BCUT2D eigenvalue weighted by Crippen LogP contribution is 2.25. The van der Waals surface area contributed by atoms with Gasteiger partial charge in [-0.15, -0.1) is 0 Å². The molecular weight excluding hydrogens is 196 g/mol. The summed E-state index contributed by atoms with van der Waals surface area (Å²) in [5, 5.41) is 1.28. The van der Waals surface area contributed by atoms with E-state index in [0.29, 0.717) is 0 Å². The molecule has 1 aromatic heterocycles. The van der Waals surface area contributed by atoms with Crippen LogP contribution < -0.4 is 0 Å². The summed E-state index contributed by atoms with van der Waals surface area (Å²) in [4.78, 5) is 7.07. The number of aryl methyl sites for hydroxylation is 2. The van der Waals surface area contributed by atoms with E-state index in [1.54, 1.807) is 0 Å². The number of nitrogens with zero attached hydrogens (tertiary/aromatic N) is 2. The molecule has 0 amide bonds. The van der Waals surface area contributed by atoms with Crippen molar-refractivity contribution in [3.05, 3.63) is 40.6 Å². The molecular formula is C14H16N2. The zero-order valence-electron chi connectivity index (χ0n) is 10.0. The van der Waals surface area contributed by atoms with Gasteiger partial charge in [0.05, 0.1) is 11.2 Å². The third kappa shape index (κ3) is 1.41. The number of benzene rings is 1. The number of fused-ring (bicyclic) bond motifs is 2. The van der Waals surface area contributed by atoms with E-state index in [1.807, 2.05) is 0 Å². The Morgan fingerprint density at radius 2 is 1.81 bits per heavy atom. The van der Waals surface area contributed by atoms with E-state index < -0.39 is 0 Å². The Hall–Kier alpha value is -1.41. The molecule has 0 spiro atoms. The standard InChI is InChI=1S/C14H16N2/c1-9-4-11-6-12-7-16(3)8-14(12)15-13(11)5-10(9)2/h4-6H,7-8H2,1-3H3. The average molecular weight is 212 g/mol. The number of hydrogen-bond acceptors (Lipinski definition) is 2. The Bertz CT molecular complexity index is 522. The lowest BCUT2D eigenvalue weighted by Gasteiger charge is -2.05. The molecule has 1 aliphatic rings. The molecule has 1 aromatic carbocycles. The fourth-order valence-corrected chi connectivity index (χ4v) is 2.40. The highest BCUT2D eigenvalue weighted by Gasteiger charge is 2.17. The minimum Gasteiger partial charge on any atom is -0.296 e. The molecule has 0 fully saturated rings. The van der Waals surface area contributed by atoms with Crippen LogP contribution in [-0.4, -0.2) is 16.9 Å². The van der Waals surface area contributed by atoms with Crippen LogP contribution in [-0.2, 0) is 13.1 Å². The maximum atomic E-state index is 4.77. The summed E-state index contributed by atoms with van der Waals surface area (Å²) in [5.41, 5.74) is 6.44. The van der Waals surface area contributed by atoms with Crippen molar-refractivity contribution in [1.82, 2.24) is 9.88 Å². The quantitative estimate of drug-likeness (QED) is 0.667. The van der Waals surface area contributed by atoms with Crippen LogP contribution in [0.3, 0.4) is 0 Å². The topological polar surface area (TPSA) is 16.1 Å². The maximum absolute atomic E-state index is 4.77. The van der Waals surface area contributed by atoms with Crippen LogP contribution in [0, 0.1) is 13.8 Å². The van der Waals surface area contributed by atoms with Crippen molar-refractivity contribution in [3.8, 4) is 0 Å². The fourth-order valence-electron chi connectivity index (χ4n) is 2.40. The van der Waals surface area contributed by atoms with Gasteiger partial charge in [-0.05, 0) is 55.8 Å². The Morgan fingerprint density at radius 1 is 1.06 bits per heavy atom. The monoisotopic (exact) mass is 212 g/mol. The minimum absolute atomic E-state index is 0.984. The van der Waals surface area contributed by atoms with Crippen LogP contribution in [0.1, 0.15) is 22.4 Å². The second kappa shape index (κ2) is 3.29.